The van der Waals surface area contributed by atoms with Crippen LogP contribution in [0.5, 0.6) is 0 Å². The average Bonchev–Trinajstić information content (AvgIpc) is 3.12. The molecule has 2 N–H and O–H groups in total. The Hall–Kier alpha value is -2.43. The molecule has 0 bridgehead atoms. The van der Waals surface area contributed by atoms with Crippen molar-refractivity contribution in [3.8, 4) is 6.07 Å². The maximum atomic E-state index is 9.08. The van der Waals surface area contributed by atoms with Crippen molar-refractivity contribution >= 4 is 46.3 Å². The molecule has 1 saturated heterocycles. The third-order valence-corrected chi connectivity index (χ3v) is 6.28. The summed E-state index contributed by atoms with van der Waals surface area (Å²) in [7, 11) is 0. The first-order chi connectivity index (χ1) is 14.9. The van der Waals surface area contributed by atoms with Crippen molar-refractivity contribution in [3.05, 3.63) is 74.9 Å². The van der Waals surface area contributed by atoms with Gasteiger partial charge in [-0.15, -0.1) is 0 Å². The highest BCUT2D eigenvalue weighted by Gasteiger charge is 2.29. The molecule has 0 amide bonds. The first kappa shape index (κ1) is 21.8. The number of halogens is 3. The number of aromatic nitrogens is 2. The van der Waals surface area contributed by atoms with Crippen molar-refractivity contribution in [2.75, 3.05) is 36.8 Å². The maximum Gasteiger partial charge on any atom is 0.163 e. The minimum Gasteiger partial charge on any atom is -0.381 e. The number of anilines is 2. The molecule has 9 heteroatoms. The van der Waals surface area contributed by atoms with Gasteiger partial charge >= 0.3 is 0 Å². The zero-order valence-electron chi connectivity index (χ0n) is 16.7. The molecule has 31 heavy (non-hydrogen) atoms. The largest absolute Gasteiger partial charge is 0.381 e. The van der Waals surface area contributed by atoms with Crippen molar-refractivity contribution < 1.29 is 0 Å². The molecule has 0 unspecified atom stereocenters. The SMILES string of the molecule is N#Cc1cn(CCN2CCN(c3ccc(Cl)cc3Cl)[C@H](c3ccc(Cl)cc3)C2)nc1N. The number of piperazine rings is 1. The Morgan fingerprint density at radius 2 is 1.77 bits per heavy atom. The molecule has 1 atom stereocenters. The molecule has 2 aromatic carbocycles. The van der Waals surface area contributed by atoms with Gasteiger partial charge in [0.05, 0.1) is 23.3 Å². The van der Waals surface area contributed by atoms with Gasteiger partial charge in [-0.1, -0.05) is 46.9 Å². The lowest BCUT2D eigenvalue weighted by atomic mass is 10.0. The standard InChI is InChI=1S/C22H21Cl3N6/c23-17-3-1-15(2-4-17)21-14-29(7-9-30-13-16(12-26)22(27)28-30)8-10-31(21)20-6-5-18(24)11-19(20)25/h1-6,11,13,21H,7-10,14H2,(H2,27,28)/t21-/m0/s1. The van der Waals surface area contributed by atoms with Crippen LogP contribution in [-0.4, -0.2) is 40.9 Å². The van der Waals surface area contributed by atoms with Gasteiger partial charge in [0.1, 0.15) is 11.6 Å². The van der Waals surface area contributed by atoms with Gasteiger partial charge in [-0.3, -0.25) is 9.58 Å². The second kappa shape index (κ2) is 9.37. The zero-order chi connectivity index (χ0) is 22.0. The van der Waals surface area contributed by atoms with Crippen LogP contribution in [0, 0.1) is 11.3 Å². The van der Waals surface area contributed by atoms with Crippen LogP contribution in [0.4, 0.5) is 11.5 Å². The van der Waals surface area contributed by atoms with Crippen molar-refractivity contribution in [2.45, 2.75) is 12.6 Å². The summed E-state index contributed by atoms with van der Waals surface area (Å²) < 4.78 is 1.73. The summed E-state index contributed by atoms with van der Waals surface area (Å²) in [6, 6.07) is 15.7. The number of benzene rings is 2. The summed E-state index contributed by atoms with van der Waals surface area (Å²) in [5, 5.41) is 15.3. The van der Waals surface area contributed by atoms with E-state index >= 15 is 0 Å². The van der Waals surface area contributed by atoms with Gasteiger partial charge in [0.15, 0.2) is 5.82 Å². The molecule has 4 rings (SSSR count). The summed E-state index contributed by atoms with van der Waals surface area (Å²) in [6.45, 7) is 3.92. The summed E-state index contributed by atoms with van der Waals surface area (Å²) in [5.74, 6) is 0.267. The quantitative estimate of drug-likeness (QED) is 0.570. The molecule has 0 radical (unpaired) electrons. The van der Waals surface area contributed by atoms with Crippen molar-refractivity contribution in [1.82, 2.24) is 14.7 Å². The normalized spacial score (nSPS) is 17.0. The number of nitriles is 1. The van der Waals surface area contributed by atoms with Gasteiger partial charge in [-0.25, -0.2) is 0 Å². The fourth-order valence-corrected chi connectivity index (χ4v) is 4.54. The molecular formula is C22H21Cl3N6. The first-order valence-electron chi connectivity index (χ1n) is 9.87. The van der Waals surface area contributed by atoms with E-state index in [4.69, 9.17) is 45.8 Å². The molecule has 3 aromatic rings. The van der Waals surface area contributed by atoms with Crippen LogP contribution in [0.2, 0.25) is 15.1 Å². The maximum absolute atomic E-state index is 9.08. The van der Waals surface area contributed by atoms with E-state index in [0.29, 0.717) is 27.2 Å². The van der Waals surface area contributed by atoms with Gasteiger partial charge in [0.2, 0.25) is 0 Å². The molecule has 1 fully saturated rings. The van der Waals surface area contributed by atoms with Crippen LogP contribution in [0.3, 0.4) is 0 Å². The molecule has 0 saturated carbocycles. The highest BCUT2D eigenvalue weighted by atomic mass is 35.5. The second-order valence-corrected chi connectivity index (χ2v) is 8.74. The summed E-state index contributed by atoms with van der Waals surface area (Å²) in [5.41, 5.74) is 8.30. The summed E-state index contributed by atoms with van der Waals surface area (Å²) in [4.78, 5) is 4.70. The Kier molecular flexibility index (Phi) is 6.59. The first-order valence-corrected chi connectivity index (χ1v) is 11.0. The van der Waals surface area contributed by atoms with E-state index in [1.807, 2.05) is 24.3 Å². The third kappa shape index (κ3) is 4.91. The Balaban J connectivity index is 1.55. The van der Waals surface area contributed by atoms with Crippen molar-refractivity contribution in [2.24, 2.45) is 0 Å². The van der Waals surface area contributed by atoms with Crippen LogP contribution in [0.1, 0.15) is 17.2 Å². The average molecular weight is 476 g/mol. The smallest absolute Gasteiger partial charge is 0.163 e. The molecule has 6 nitrogen and oxygen atoms in total. The van der Waals surface area contributed by atoms with Gasteiger partial charge < -0.3 is 10.6 Å². The fourth-order valence-electron chi connectivity index (χ4n) is 3.90. The Labute approximate surface area is 196 Å². The van der Waals surface area contributed by atoms with Gasteiger partial charge in [0.25, 0.3) is 0 Å². The molecule has 1 aliphatic heterocycles. The zero-order valence-corrected chi connectivity index (χ0v) is 18.9. The third-order valence-electron chi connectivity index (χ3n) is 5.49. The molecule has 2 heterocycles. The summed E-state index contributed by atoms with van der Waals surface area (Å²) in [6.07, 6.45) is 1.69. The van der Waals surface area contributed by atoms with Gasteiger partial charge in [-0.2, -0.15) is 10.4 Å². The topological polar surface area (TPSA) is 74.1 Å². The number of nitrogens with zero attached hydrogens (tertiary/aromatic N) is 5. The van der Waals surface area contributed by atoms with E-state index in [1.54, 1.807) is 16.9 Å². The lowest BCUT2D eigenvalue weighted by molar-refractivity contribution is 0.213. The Morgan fingerprint density at radius 3 is 2.45 bits per heavy atom. The number of nitrogens with two attached hydrogens (primary N) is 1. The lowest BCUT2D eigenvalue weighted by Gasteiger charge is -2.43. The predicted octanol–water partition coefficient (Wildman–Crippen LogP) is 4.86. The minimum absolute atomic E-state index is 0.0991. The van der Waals surface area contributed by atoms with E-state index in [0.717, 1.165) is 37.4 Å². The van der Waals surface area contributed by atoms with Crippen LogP contribution in [-0.2, 0) is 6.54 Å². The molecule has 160 valence electrons. The number of nitrogen functional groups attached to an aromatic ring is 1. The molecular weight excluding hydrogens is 455 g/mol. The van der Waals surface area contributed by atoms with Crippen LogP contribution >= 0.6 is 34.8 Å². The molecule has 1 aliphatic rings. The van der Waals surface area contributed by atoms with E-state index in [1.165, 1.54) is 0 Å². The van der Waals surface area contributed by atoms with Gasteiger partial charge in [-0.05, 0) is 35.9 Å². The van der Waals surface area contributed by atoms with E-state index in [9.17, 15) is 0 Å². The Morgan fingerprint density at radius 1 is 1.03 bits per heavy atom. The minimum atomic E-state index is 0.0991. The van der Waals surface area contributed by atoms with E-state index < -0.39 is 0 Å². The van der Waals surface area contributed by atoms with E-state index in [-0.39, 0.29) is 11.9 Å². The fraction of sp³-hybridized carbons (Fsp3) is 0.273. The monoisotopic (exact) mass is 474 g/mol. The molecule has 0 spiro atoms. The van der Waals surface area contributed by atoms with Crippen LogP contribution in [0.25, 0.3) is 0 Å². The summed E-state index contributed by atoms with van der Waals surface area (Å²) >= 11 is 18.8. The molecule has 0 aliphatic carbocycles. The second-order valence-electron chi connectivity index (χ2n) is 7.46. The van der Waals surface area contributed by atoms with Gasteiger partial charge in [0, 0.05) is 42.4 Å². The van der Waals surface area contributed by atoms with Crippen LogP contribution < -0.4 is 10.6 Å². The van der Waals surface area contributed by atoms with Crippen LogP contribution in [0.15, 0.2) is 48.7 Å². The lowest BCUT2D eigenvalue weighted by Crippen LogP contribution is -2.49. The number of hydrogen-bond donors (Lipinski definition) is 1. The highest BCUT2D eigenvalue weighted by Crippen LogP contribution is 2.36. The molecule has 1 aromatic heterocycles. The number of hydrogen-bond acceptors (Lipinski definition) is 5. The van der Waals surface area contributed by atoms with Crippen molar-refractivity contribution in [1.29, 1.82) is 5.26 Å². The Bertz CT molecular complexity index is 1110. The highest BCUT2D eigenvalue weighted by molar-refractivity contribution is 6.36. The number of rotatable bonds is 5. The van der Waals surface area contributed by atoms with Crippen molar-refractivity contribution in [3.63, 3.8) is 0 Å². The predicted molar refractivity (Wildman–Crippen MR) is 126 cm³/mol. The van der Waals surface area contributed by atoms with E-state index in [2.05, 4.69) is 33.1 Å².